The number of fused-ring (bicyclic) bond motifs is 1. The van der Waals surface area contributed by atoms with Gasteiger partial charge in [0.2, 0.25) is 6.17 Å². The van der Waals surface area contributed by atoms with Crippen LogP contribution in [0.5, 0.6) is 0 Å². The maximum Gasteiger partial charge on any atom is 0.272 e. The van der Waals surface area contributed by atoms with Gasteiger partial charge in [-0.3, -0.25) is 9.59 Å². The molecule has 6 nitrogen and oxygen atoms in total. The molecule has 2 aliphatic rings. The fourth-order valence-electron chi connectivity index (χ4n) is 4.73. The van der Waals surface area contributed by atoms with E-state index in [4.69, 9.17) is 11.6 Å². The standard InChI is InChI=1S/C26H18ClFN4O2/c27-15-11-14-9-10-32-23(14)18(12-15)22(17-6-1-3-7-20(17)28)30-24(26(32)34)31-25(33)19-13-29-21-8-4-2-5-16(19)21/h1-8,11-13,24,29H,9-10H2,(H,31,33)/t24-/m1/s1. The number of nitrogens with zero attached hydrogens (tertiary/aromatic N) is 2. The second-order valence-electron chi connectivity index (χ2n) is 8.28. The molecule has 0 saturated heterocycles. The van der Waals surface area contributed by atoms with Gasteiger partial charge in [0, 0.05) is 39.8 Å². The van der Waals surface area contributed by atoms with Gasteiger partial charge in [0.25, 0.3) is 11.8 Å². The van der Waals surface area contributed by atoms with Crippen molar-refractivity contribution in [3.63, 3.8) is 0 Å². The monoisotopic (exact) mass is 472 g/mol. The van der Waals surface area contributed by atoms with Crippen LogP contribution in [0.4, 0.5) is 10.1 Å². The normalized spacial score (nSPS) is 16.9. The van der Waals surface area contributed by atoms with E-state index in [1.54, 1.807) is 35.4 Å². The van der Waals surface area contributed by atoms with E-state index in [0.717, 1.165) is 16.5 Å². The lowest BCUT2D eigenvalue weighted by molar-refractivity contribution is -0.120. The molecule has 6 rings (SSSR count). The van der Waals surface area contributed by atoms with Crippen LogP contribution in [0.15, 0.2) is 71.9 Å². The summed E-state index contributed by atoms with van der Waals surface area (Å²) in [5.74, 6) is -1.30. The van der Waals surface area contributed by atoms with Crippen LogP contribution >= 0.6 is 11.6 Å². The van der Waals surface area contributed by atoms with E-state index in [-0.39, 0.29) is 17.2 Å². The molecule has 168 valence electrons. The van der Waals surface area contributed by atoms with Crippen molar-refractivity contribution in [2.75, 3.05) is 11.4 Å². The second-order valence-corrected chi connectivity index (χ2v) is 8.72. The summed E-state index contributed by atoms with van der Waals surface area (Å²) in [6.07, 6.45) is 0.987. The Labute approximate surface area is 199 Å². The first-order chi connectivity index (χ1) is 16.5. The molecule has 2 N–H and O–H groups in total. The van der Waals surface area contributed by atoms with Crippen LogP contribution in [0.25, 0.3) is 10.9 Å². The largest absolute Gasteiger partial charge is 0.360 e. The number of amides is 2. The topological polar surface area (TPSA) is 77.6 Å². The van der Waals surface area contributed by atoms with Crippen LogP contribution in [0.3, 0.4) is 0 Å². The quantitative estimate of drug-likeness (QED) is 0.462. The highest BCUT2D eigenvalue weighted by Gasteiger charge is 2.38. The molecule has 0 fully saturated rings. The molecule has 8 heteroatoms. The number of rotatable bonds is 3. The van der Waals surface area contributed by atoms with Gasteiger partial charge in [-0.2, -0.15) is 0 Å². The first kappa shape index (κ1) is 20.6. The molecule has 3 aromatic carbocycles. The van der Waals surface area contributed by atoms with E-state index in [1.165, 1.54) is 6.07 Å². The number of benzene rings is 3. The molecule has 3 heterocycles. The number of aromatic amines is 1. The number of halogens is 2. The van der Waals surface area contributed by atoms with E-state index >= 15 is 0 Å². The summed E-state index contributed by atoms with van der Waals surface area (Å²) in [6.45, 7) is 0.432. The number of para-hydroxylation sites is 1. The fraction of sp³-hybridized carbons (Fsp3) is 0.115. The van der Waals surface area contributed by atoms with E-state index in [1.807, 2.05) is 30.3 Å². The van der Waals surface area contributed by atoms with Crippen molar-refractivity contribution in [2.24, 2.45) is 4.99 Å². The Hall–Kier alpha value is -3.97. The molecule has 4 aromatic rings. The lowest BCUT2D eigenvalue weighted by Crippen LogP contribution is -2.46. The van der Waals surface area contributed by atoms with Gasteiger partial charge in [0.15, 0.2) is 0 Å². The molecule has 1 aromatic heterocycles. The van der Waals surface area contributed by atoms with Crippen molar-refractivity contribution in [1.82, 2.24) is 10.3 Å². The molecule has 0 saturated carbocycles. The lowest BCUT2D eigenvalue weighted by Gasteiger charge is -2.21. The Morgan fingerprint density at radius 1 is 1.12 bits per heavy atom. The molecule has 0 radical (unpaired) electrons. The molecule has 0 aliphatic carbocycles. The maximum absolute atomic E-state index is 14.9. The predicted octanol–water partition coefficient (Wildman–Crippen LogP) is 4.46. The van der Waals surface area contributed by atoms with Crippen LogP contribution in [0.2, 0.25) is 5.02 Å². The molecule has 0 unspecified atom stereocenters. The number of carbonyl (C=O) groups excluding carboxylic acids is 2. The molecule has 2 amide bonds. The molecule has 0 bridgehead atoms. The van der Waals surface area contributed by atoms with E-state index in [2.05, 4.69) is 15.3 Å². The number of nitrogens with one attached hydrogen (secondary N) is 2. The average molecular weight is 473 g/mol. The lowest BCUT2D eigenvalue weighted by atomic mass is 9.97. The van der Waals surface area contributed by atoms with Gasteiger partial charge in [-0.05, 0) is 42.3 Å². The highest BCUT2D eigenvalue weighted by Crippen LogP contribution is 2.38. The summed E-state index contributed by atoms with van der Waals surface area (Å²) < 4.78 is 14.9. The zero-order chi connectivity index (χ0) is 23.4. The van der Waals surface area contributed by atoms with Crippen LogP contribution in [0, 0.1) is 5.82 Å². The summed E-state index contributed by atoms with van der Waals surface area (Å²) in [7, 11) is 0. The third-order valence-corrected chi connectivity index (χ3v) is 6.49. The summed E-state index contributed by atoms with van der Waals surface area (Å²) in [5.41, 5.74) is 3.85. The van der Waals surface area contributed by atoms with Crippen molar-refractivity contribution in [1.29, 1.82) is 0 Å². The Morgan fingerprint density at radius 3 is 2.76 bits per heavy atom. The number of carbonyl (C=O) groups is 2. The van der Waals surface area contributed by atoms with Crippen LogP contribution in [0.1, 0.15) is 27.0 Å². The van der Waals surface area contributed by atoms with Gasteiger partial charge < -0.3 is 15.2 Å². The summed E-state index contributed by atoms with van der Waals surface area (Å²) in [5, 5.41) is 3.98. The van der Waals surface area contributed by atoms with E-state index in [9.17, 15) is 14.0 Å². The third kappa shape index (κ3) is 3.20. The highest BCUT2D eigenvalue weighted by atomic mass is 35.5. The number of H-pyrrole nitrogens is 1. The highest BCUT2D eigenvalue weighted by molar-refractivity contribution is 6.32. The third-order valence-electron chi connectivity index (χ3n) is 6.27. The molecule has 34 heavy (non-hydrogen) atoms. The minimum absolute atomic E-state index is 0.236. The molecule has 0 spiro atoms. The van der Waals surface area contributed by atoms with Gasteiger partial charge in [-0.1, -0.05) is 41.9 Å². The van der Waals surface area contributed by atoms with Crippen molar-refractivity contribution in [3.05, 3.63) is 100.0 Å². The van der Waals surface area contributed by atoms with E-state index < -0.39 is 17.9 Å². The average Bonchev–Trinajstić information content (AvgIpc) is 3.43. The first-order valence-corrected chi connectivity index (χ1v) is 11.2. The van der Waals surface area contributed by atoms with Gasteiger partial charge in [0.1, 0.15) is 5.82 Å². The van der Waals surface area contributed by atoms with Gasteiger partial charge >= 0.3 is 0 Å². The number of aliphatic imine (C=N–C) groups is 1. The number of anilines is 1. The minimum atomic E-state index is -1.23. The second kappa shape index (κ2) is 7.81. The SMILES string of the molecule is O=C(N[C@H]1N=C(c2ccccc2F)c2cc(Cl)cc3c2N(CC3)C1=O)c1c[nH]c2ccccc12. The number of aromatic nitrogens is 1. The van der Waals surface area contributed by atoms with Crippen LogP contribution in [-0.4, -0.2) is 35.2 Å². The molecular formula is C26H18ClFN4O2. The molecule has 2 aliphatic heterocycles. The van der Waals surface area contributed by atoms with Crippen molar-refractivity contribution in [2.45, 2.75) is 12.6 Å². The van der Waals surface area contributed by atoms with Gasteiger partial charge in [-0.15, -0.1) is 0 Å². The Morgan fingerprint density at radius 2 is 1.91 bits per heavy atom. The number of hydrogen-bond acceptors (Lipinski definition) is 3. The first-order valence-electron chi connectivity index (χ1n) is 10.8. The number of hydrogen-bond donors (Lipinski definition) is 2. The van der Waals surface area contributed by atoms with Crippen molar-refractivity contribution in [3.8, 4) is 0 Å². The van der Waals surface area contributed by atoms with Crippen molar-refractivity contribution < 1.29 is 14.0 Å². The summed E-state index contributed by atoms with van der Waals surface area (Å²) in [6, 6.07) is 17.2. The Bertz CT molecular complexity index is 1530. The van der Waals surface area contributed by atoms with Crippen LogP contribution < -0.4 is 10.2 Å². The van der Waals surface area contributed by atoms with E-state index in [0.29, 0.717) is 34.8 Å². The summed E-state index contributed by atoms with van der Waals surface area (Å²) in [4.78, 5) is 36.1. The van der Waals surface area contributed by atoms with Crippen LogP contribution in [-0.2, 0) is 11.2 Å². The van der Waals surface area contributed by atoms with Gasteiger partial charge in [-0.25, -0.2) is 9.38 Å². The molecular weight excluding hydrogens is 455 g/mol. The zero-order valence-corrected chi connectivity index (χ0v) is 18.6. The van der Waals surface area contributed by atoms with Crippen molar-refractivity contribution >= 4 is 45.7 Å². The smallest absolute Gasteiger partial charge is 0.272 e. The zero-order valence-electron chi connectivity index (χ0n) is 17.8. The summed E-state index contributed by atoms with van der Waals surface area (Å²) >= 11 is 6.38. The fourth-order valence-corrected chi connectivity index (χ4v) is 4.98. The predicted molar refractivity (Wildman–Crippen MR) is 129 cm³/mol. The molecule has 1 atom stereocenters. The van der Waals surface area contributed by atoms with Gasteiger partial charge in [0.05, 0.1) is 17.0 Å². The Balaban J connectivity index is 1.49. The Kier molecular flexibility index (Phi) is 4.74. The minimum Gasteiger partial charge on any atom is -0.360 e. The maximum atomic E-state index is 14.9.